The lowest BCUT2D eigenvalue weighted by Crippen LogP contribution is -2.42. The van der Waals surface area contributed by atoms with Gasteiger partial charge in [0.1, 0.15) is 0 Å². The molecule has 0 unspecified atom stereocenters. The van der Waals surface area contributed by atoms with Crippen molar-refractivity contribution in [2.24, 2.45) is 0 Å². The number of nitrogens with one attached hydrogen (secondary N) is 1. The Bertz CT molecular complexity index is 412. The number of fused-ring (bicyclic) bond motifs is 1. The fraction of sp³-hybridized carbons (Fsp3) is 0.455. The smallest absolute Gasteiger partial charge is 0.0453 e. The maximum Gasteiger partial charge on any atom is 0.0453 e. The first-order valence-electron chi connectivity index (χ1n) is 5.31. The van der Waals surface area contributed by atoms with E-state index in [0.29, 0.717) is 0 Å². The van der Waals surface area contributed by atoms with Crippen molar-refractivity contribution in [2.75, 3.05) is 26.2 Å². The van der Waals surface area contributed by atoms with Gasteiger partial charge in [0.05, 0.1) is 0 Å². The fourth-order valence-corrected chi connectivity index (χ4v) is 4.16. The van der Waals surface area contributed by atoms with Gasteiger partial charge >= 0.3 is 0 Å². The Balaban J connectivity index is 1.74. The highest BCUT2D eigenvalue weighted by Crippen LogP contribution is 2.30. The molecule has 15 heavy (non-hydrogen) atoms. The molecule has 2 aromatic heterocycles. The van der Waals surface area contributed by atoms with Gasteiger partial charge in [0.15, 0.2) is 0 Å². The molecule has 0 amide bonds. The van der Waals surface area contributed by atoms with Gasteiger partial charge in [-0.3, -0.25) is 4.90 Å². The molecule has 0 aliphatic carbocycles. The second kappa shape index (κ2) is 4.22. The zero-order valence-electron chi connectivity index (χ0n) is 8.53. The summed E-state index contributed by atoms with van der Waals surface area (Å²) in [6, 6.07) is 4.58. The van der Waals surface area contributed by atoms with Crippen LogP contribution in [0.3, 0.4) is 0 Å². The van der Waals surface area contributed by atoms with Crippen LogP contribution in [0.2, 0.25) is 0 Å². The molecule has 80 valence electrons. The van der Waals surface area contributed by atoms with Crippen LogP contribution in [0.5, 0.6) is 0 Å². The van der Waals surface area contributed by atoms with Crippen LogP contribution in [0, 0.1) is 0 Å². The summed E-state index contributed by atoms with van der Waals surface area (Å²) in [5.41, 5.74) is 0. The van der Waals surface area contributed by atoms with Crippen molar-refractivity contribution in [3.63, 3.8) is 0 Å². The average molecular weight is 238 g/mol. The molecule has 0 spiro atoms. The van der Waals surface area contributed by atoms with E-state index in [-0.39, 0.29) is 0 Å². The van der Waals surface area contributed by atoms with Crippen molar-refractivity contribution >= 4 is 32.1 Å². The molecule has 3 rings (SSSR count). The van der Waals surface area contributed by atoms with Crippen molar-refractivity contribution in [3.8, 4) is 0 Å². The molecule has 4 heteroatoms. The highest BCUT2D eigenvalue weighted by atomic mass is 32.1. The van der Waals surface area contributed by atoms with E-state index in [9.17, 15) is 0 Å². The lowest BCUT2D eigenvalue weighted by Gasteiger charge is -2.26. The molecule has 0 bridgehead atoms. The SMILES string of the molecule is c1cc2sc(CN3CCNCC3)cc2s1. The summed E-state index contributed by atoms with van der Waals surface area (Å²) < 4.78 is 2.90. The van der Waals surface area contributed by atoms with Gasteiger partial charge in [-0.1, -0.05) is 0 Å². The standard InChI is InChI=1S/C11H14N2S2/c1-6-14-11-7-9(15-10(1)11)8-13-4-2-12-3-5-13/h1,6-7,12H,2-5,8H2. The van der Waals surface area contributed by atoms with Crippen LogP contribution in [0.15, 0.2) is 17.5 Å². The Kier molecular flexibility index (Phi) is 2.75. The van der Waals surface area contributed by atoms with Crippen LogP contribution in [0.1, 0.15) is 4.88 Å². The summed E-state index contributed by atoms with van der Waals surface area (Å²) in [5.74, 6) is 0. The van der Waals surface area contributed by atoms with Crippen molar-refractivity contribution in [1.82, 2.24) is 10.2 Å². The van der Waals surface area contributed by atoms with E-state index in [1.807, 2.05) is 22.7 Å². The molecule has 2 aromatic rings. The summed E-state index contributed by atoms with van der Waals surface area (Å²) in [5, 5.41) is 5.56. The highest BCUT2D eigenvalue weighted by Gasteiger charge is 2.11. The molecule has 0 atom stereocenters. The van der Waals surface area contributed by atoms with Crippen LogP contribution in [-0.2, 0) is 6.54 Å². The summed E-state index contributed by atoms with van der Waals surface area (Å²) in [4.78, 5) is 4.05. The zero-order chi connectivity index (χ0) is 10.1. The molecule has 1 N–H and O–H groups in total. The molecular weight excluding hydrogens is 224 g/mol. The molecule has 1 aliphatic heterocycles. The van der Waals surface area contributed by atoms with Gasteiger partial charge < -0.3 is 5.32 Å². The summed E-state index contributed by atoms with van der Waals surface area (Å²) in [6.45, 7) is 5.78. The van der Waals surface area contributed by atoms with E-state index >= 15 is 0 Å². The molecule has 3 heterocycles. The summed E-state index contributed by atoms with van der Waals surface area (Å²) in [6.07, 6.45) is 0. The minimum Gasteiger partial charge on any atom is -0.314 e. The third kappa shape index (κ3) is 2.08. The van der Waals surface area contributed by atoms with Crippen LogP contribution in [0.4, 0.5) is 0 Å². The van der Waals surface area contributed by atoms with Crippen LogP contribution >= 0.6 is 22.7 Å². The van der Waals surface area contributed by atoms with Gasteiger partial charge in [0, 0.05) is 47.0 Å². The lowest BCUT2D eigenvalue weighted by atomic mass is 10.3. The lowest BCUT2D eigenvalue weighted by molar-refractivity contribution is 0.235. The molecule has 0 saturated carbocycles. The Labute approximate surface area is 97.5 Å². The maximum absolute atomic E-state index is 3.39. The topological polar surface area (TPSA) is 15.3 Å². The Morgan fingerprint density at radius 1 is 1.27 bits per heavy atom. The first-order chi connectivity index (χ1) is 7.42. The number of rotatable bonds is 2. The van der Waals surface area contributed by atoms with Crippen LogP contribution < -0.4 is 5.32 Å². The fourth-order valence-electron chi connectivity index (χ4n) is 1.98. The van der Waals surface area contributed by atoms with E-state index in [0.717, 1.165) is 19.6 Å². The monoisotopic (exact) mass is 238 g/mol. The predicted molar refractivity (Wildman–Crippen MR) is 67.8 cm³/mol. The first-order valence-corrected chi connectivity index (χ1v) is 7.00. The Morgan fingerprint density at radius 2 is 2.13 bits per heavy atom. The van der Waals surface area contributed by atoms with E-state index in [2.05, 4.69) is 27.7 Å². The minimum absolute atomic E-state index is 1.13. The molecule has 1 saturated heterocycles. The van der Waals surface area contributed by atoms with Crippen LogP contribution in [-0.4, -0.2) is 31.1 Å². The third-order valence-corrected chi connectivity index (χ3v) is 4.86. The molecule has 2 nitrogen and oxygen atoms in total. The Hall–Kier alpha value is -0.420. The van der Waals surface area contributed by atoms with Crippen molar-refractivity contribution < 1.29 is 0 Å². The van der Waals surface area contributed by atoms with Gasteiger partial charge in [0.2, 0.25) is 0 Å². The second-order valence-corrected chi connectivity index (χ2v) is 6.00. The van der Waals surface area contributed by atoms with E-state index in [4.69, 9.17) is 0 Å². The van der Waals surface area contributed by atoms with Crippen molar-refractivity contribution in [3.05, 3.63) is 22.4 Å². The number of hydrogen-bond donors (Lipinski definition) is 1. The highest BCUT2D eigenvalue weighted by molar-refractivity contribution is 7.26. The van der Waals surface area contributed by atoms with Crippen molar-refractivity contribution in [2.45, 2.75) is 6.54 Å². The average Bonchev–Trinajstić information content (AvgIpc) is 2.79. The molecule has 1 aliphatic rings. The van der Waals surface area contributed by atoms with Crippen LogP contribution in [0.25, 0.3) is 9.40 Å². The molecular formula is C11H14N2S2. The molecule has 0 radical (unpaired) electrons. The quantitative estimate of drug-likeness (QED) is 0.864. The number of nitrogens with zero attached hydrogens (tertiary/aromatic N) is 1. The van der Waals surface area contributed by atoms with Gasteiger partial charge in [0.25, 0.3) is 0 Å². The zero-order valence-corrected chi connectivity index (χ0v) is 10.2. The van der Waals surface area contributed by atoms with E-state index in [1.54, 1.807) is 0 Å². The number of piperazine rings is 1. The van der Waals surface area contributed by atoms with Gasteiger partial charge in [-0.05, 0) is 17.5 Å². The normalized spacial score (nSPS) is 18.7. The number of hydrogen-bond acceptors (Lipinski definition) is 4. The van der Waals surface area contributed by atoms with Crippen molar-refractivity contribution in [1.29, 1.82) is 0 Å². The van der Waals surface area contributed by atoms with E-state index < -0.39 is 0 Å². The predicted octanol–water partition coefficient (Wildman–Crippen LogP) is 2.37. The molecule has 0 aromatic carbocycles. The van der Waals surface area contributed by atoms with E-state index in [1.165, 1.54) is 27.4 Å². The Morgan fingerprint density at radius 3 is 2.93 bits per heavy atom. The minimum atomic E-state index is 1.13. The second-order valence-electron chi connectivity index (χ2n) is 3.89. The van der Waals surface area contributed by atoms with Gasteiger partial charge in [-0.15, -0.1) is 22.7 Å². The van der Waals surface area contributed by atoms with Gasteiger partial charge in [-0.25, -0.2) is 0 Å². The first kappa shape index (κ1) is 9.78. The summed E-state index contributed by atoms with van der Waals surface area (Å²) >= 11 is 3.80. The maximum atomic E-state index is 3.39. The van der Waals surface area contributed by atoms with Gasteiger partial charge in [-0.2, -0.15) is 0 Å². The summed E-state index contributed by atoms with van der Waals surface area (Å²) in [7, 11) is 0. The largest absolute Gasteiger partial charge is 0.314 e. The third-order valence-electron chi connectivity index (χ3n) is 2.78. The number of thiophene rings is 2. The molecule has 1 fully saturated rings.